The Bertz CT molecular complexity index is 500. The standard InChI is InChI=1S/C13H12F2N2S/c14-13(15,10-4-2-1-3-5-10)9-18-12-7-6-11(16)8-17-12/h1-8H,9,16H2. The highest BCUT2D eigenvalue weighted by atomic mass is 32.2. The molecule has 0 saturated carbocycles. The lowest BCUT2D eigenvalue weighted by Gasteiger charge is -2.15. The second kappa shape index (κ2) is 5.35. The number of rotatable bonds is 4. The molecule has 0 fully saturated rings. The summed E-state index contributed by atoms with van der Waals surface area (Å²) in [5, 5.41) is 0.541. The predicted molar refractivity (Wildman–Crippen MR) is 69.7 cm³/mol. The van der Waals surface area contributed by atoms with Crippen molar-refractivity contribution in [3.8, 4) is 0 Å². The van der Waals surface area contributed by atoms with Gasteiger partial charge in [-0.05, 0) is 12.1 Å². The monoisotopic (exact) mass is 266 g/mol. The van der Waals surface area contributed by atoms with Crippen molar-refractivity contribution in [2.24, 2.45) is 0 Å². The first-order chi connectivity index (χ1) is 8.58. The van der Waals surface area contributed by atoms with Crippen LogP contribution in [0.4, 0.5) is 14.5 Å². The molecule has 0 bridgehead atoms. The summed E-state index contributed by atoms with van der Waals surface area (Å²) >= 11 is 1.01. The van der Waals surface area contributed by atoms with Gasteiger partial charge in [-0.15, -0.1) is 0 Å². The van der Waals surface area contributed by atoms with Crippen molar-refractivity contribution in [3.63, 3.8) is 0 Å². The highest BCUT2D eigenvalue weighted by molar-refractivity contribution is 7.99. The van der Waals surface area contributed by atoms with E-state index in [2.05, 4.69) is 4.98 Å². The van der Waals surface area contributed by atoms with E-state index in [9.17, 15) is 8.78 Å². The lowest BCUT2D eigenvalue weighted by Crippen LogP contribution is -2.16. The van der Waals surface area contributed by atoms with E-state index in [0.717, 1.165) is 11.8 Å². The number of nitrogen functional groups attached to an aromatic ring is 1. The van der Waals surface area contributed by atoms with Gasteiger partial charge in [0.15, 0.2) is 0 Å². The zero-order valence-corrected chi connectivity index (χ0v) is 10.3. The molecule has 0 spiro atoms. The topological polar surface area (TPSA) is 38.9 Å². The minimum atomic E-state index is -2.87. The summed E-state index contributed by atoms with van der Waals surface area (Å²) in [5.41, 5.74) is 6.02. The molecule has 0 atom stereocenters. The number of hydrogen-bond donors (Lipinski definition) is 1. The van der Waals surface area contributed by atoms with Crippen molar-refractivity contribution in [2.75, 3.05) is 11.5 Å². The number of hydrogen-bond acceptors (Lipinski definition) is 3. The number of nitrogens with two attached hydrogens (primary N) is 1. The minimum absolute atomic E-state index is 0.0212. The van der Waals surface area contributed by atoms with Crippen LogP contribution >= 0.6 is 11.8 Å². The Labute approximate surface area is 108 Å². The van der Waals surface area contributed by atoms with E-state index < -0.39 is 5.92 Å². The van der Waals surface area contributed by atoms with Gasteiger partial charge in [0.25, 0.3) is 5.92 Å². The van der Waals surface area contributed by atoms with Crippen molar-refractivity contribution in [1.82, 2.24) is 4.98 Å². The van der Waals surface area contributed by atoms with Gasteiger partial charge in [0.2, 0.25) is 0 Å². The van der Waals surface area contributed by atoms with Gasteiger partial charge in [0.1, 0.15) is 0 Å². The molecule has 5 heteroatoms. The van der Waals surface area contributed by atoms with Gasteiger partial charge in [-0.2, -0.15) is 0 Å². The quantitative estimate of drug-likeness (QED) is 0.860. The fourth-order valence-electron chi connectivity index (χ4n) is 1.41. The Balaban J connectivity index is 2.03. The van der Waals surface area contributed by atoms with E-state index in [1.807, 2.05) is 0 Å². The van der Waals surface area contributed by atoms with Crippen LogP contribution in [-0.4, -0.2) is 10.7 Å². The maximum atomic E-state index is 13.8. The molecule has 2 N–H and O–H groups in total. The molecule has 2 aromatic rings. The first-order valence-electron chi connectivity index (χ1n) is 5.35. The maximum absolute atomic E-state index is 13.8. The average Bonchev–Trinajstić information content (AvgIpc) is 2.39. The third-order valence-electron chi connectivity index (χ3n) is 2.36. The Morgan fingerprint density at radius 2 is 1.83 bits per heavy atom. The van der Waals surface area contributed by atoms with Crippen LogP contribution in [0, 0.1) is 0 Å². The van der Waals surface area contributed by atoms with E-state index in [1.54, 1.807) is 30.3 Å². The Hall–Kier alpha value is -1.62. The summed E-state index contributed by atoms with van der Waals surface area (Å²) in [6.45, 7) is 0. The van der Waals surface area contributed by atoms with Crippen LogP contribution < -0.4 is 5.73 Å². The van der Waals surface area contributed by atoms with Gasteiger partial charge in [0, 0.05) is 5.56 Å². The second-order valence-corrected chi connectivity index (χ2v) is 4.78. The molecule has 1 aromatic heterocycles. The van der Waals surface area contributed by atoms with Crippen molar-refractivity contribution in [3.05, 3.63) is 54.2 Å². The van der Waals surface area contributed by atoms with E-state index in [4.69, 9.17) is 5.73 Å². The number of aromatic nitrogens is 1. The number of thioether (sulfide) groups is 1. The maximum Gasteiger partial charge on any atom is 0.282 e. The first-order valence-corrected chi connectivity index (χ1v) is 6.34. The third kappa shape index (κ3) is 3.20. The molecule has 0 aliphatic rings. The first kappa shape index (κ1) is 12.8. The van der Waals surface area contributed by atoms with Crippen molar-refractivity contribution in [2.45, 2.75) is 10.9 Å². The number of benzene rings is 1. The molecule has 0 aliphatic heterocycles. The molecule has 94 valence electrons. The Morgan fingerprint density at radius 3 is 2.44 bits per heavy atom. The predicted octanol–water partition coefficient (Wildman–Crippen LogP) is 3.55. The summed E-state index contributed by atoms with van der Waals surface area (Å²) in [6.07, 6.45) is 1.46. The third-order valence-corrected chi connectivity index (χ3v) is 3.40. The Morgan fingerprint density at radius 1 is 1.11 bits per heavy atom. The highest BCUT2D eigenvalue weighted by Crippen LogP contribution is 2.33. The second-order valence-electron chi connectivity index (χ2n) is 3.79. The zero-order chi connectivity index (χ0) is 13.0. The smallest absolute Gasteiger partial charge is 0.282 e. The van der Waals surface area contributed by atoms with Crippen LogP contribution in [0.25, 0.3) is 0 Å². The van der Waals surface area contributed by atoms with Gasteiger partial charge in [-0.3, -0.25) is 0 Å². The van der Waals surface area contributed by atoms with Crippen LogP contribution in [0.5, 0.6) is 0 Å². The molecule has 1 aromatic carbocycles. The molecule has 0 amide bonds. The fourth-order valence-corrected chi connectivity index (χ4v) is 2.19. The number of nitrogens with zero attached hydrogens (tertiary/aromatic N) is 1. The number of halogens is 2. The van der Waals surface area contributed by atoms with Crippen LogP contribution in [0.2, 0.25) is 0 Å². The Kier molecular flexibility index (Phi) is 3.81. The summed E-state index contributed by atoms with van der Waals surface area (Å²) in [6, 6.07) is 11.1. The van der Waals surface area contributed by atoms with Crippen LogP contribution in [-0.2, 0) is 5.92 Å². The molecule has 2 nitrogen and oxygen atoms in total. The SMILES string of the molecule is Nc1ccc(SCC(F)(F)c2ccccc2)nc1. The molecular weight excluding hydrogens is 254 g/mol. The van der Waals surface area contributed by atoms with Crippen LogP contribution in [0.1, 0.15) is 5.56 Å². The van der Waals surface area contributed by atoms with Gasteiger partial charge in [0.05, 0.1) is 22.7 Å². The molecule has 1 heterocycles. The summed E-state index contributed by atoms with van der Waals surface area (Å²) in [4.78, 5) is 3.98. The largest absolute Gasteiger partial charge is 0.397 e. The van der Waals surface area contributed by atoms with Crippen molar-refractivity contribution in [1.29, 1.82) is 0 Å². The average molecular weight is 266 g/mol. The van der Waals surface area contributed by atoms with Gasteiger partial charge in [-0.25, -0.2) is 13.8 Å². The number of anilines is 1. The van der Waals surface area contributed by atoms with Crippen LogP contribution in [0.3, 0.4) is 0 Å². The number of alkyl halides is 2. The minimum Gasteiger partial charge on any atom is -0.397 e. The van der Waals surface area contributed by atoms with Gasteiger partial charge in [-0.1, -0.05) is 42.1 Å². The summed E-state index contributed by atoms with van der Waals surface area (Å²) in [7, 11) is 0. The lowest BCUT2D eigenvalue weighted by molar-refractivity contribution is 0.0231. The van der Waals surface area contributed by atoms with Gasteiger partial charge >= 0.3 is 0 Å². The van der Waals surface area contributed by atoms with Crippen molar-refractivity contribution < 1.29 is 8.78 Å². The summed E-state index contributed by atoms with van der Waals surface area (Å²) in [5.74, 6) is -3.21. The van der Waals surface area contributed by atoms with Gasteiger partial charge < -0.3 is 5.73 Å². The van der Waals surface area contributed by atoms with Crippen molar-refractivity contribution >= 4 is 17.4 Å². The van der Waals surface area contributed by atoms with E-state index in [0.29, 0.717) is 10.7 Å². The summed E-state index contributed by atoms with van der Waals surface area (Å²) < 4.78 is 27.7. The number of pyridine rings is 1. The van der Waals surface area contributed by atoms with Crippen LogP contribution in [0.15, 0.2) is 53.7 Å². The highest BCUT2D eigenvalue weighted by Gasteiger charge is 2.31. The van der Waals surface area contributed by atoms with E-state index in [-0.39, 0.29) is 11.3 Å². The lowest BCUT2D eigenvalue weighted by atomic mass is 10.1. The fraction of sp³-hybridized carbons (Fsp3) is 0.154. The normalized spacial score (nSPS) is 11.4. The molecule has 18 heavy (non-hydrogen) atoms. The zero-order valence-electron chi connectivity index (χ0n) is 9.51. The molecule has 2 rings (SSSR count). The molecule has 0 aliphatic carbocycles. The molecule has 0 radical (unpaired) electrons. The molecule has 0 saturated heterocycles. The van der Waals surface area contributed by atoms with E-state index >= 15 is 0 Å². The van der Waals surface area contributed by atoms with E-state index in [1.165, 1.54) is 18.3 Å². The molecular formula is C13H12F2N2S. The molecule has 0 unspecified atom stereocenters.